The quantitative estimate of drug-likeness (QED) is 0.900. The SMILES string of the molecule is Cc1cccc(Oc2ncc(CNC3CC3)cc2Cl)c1. The normalized spacial score (nSPS) is 14.3. The smallest absolute Gasteiger partial charge is 0.238 e. The van der Waals surface area contributed by atoms with Gasteiger partial charge in [0.2, 0.25) is 5.88 Å². The summed E-state index contributed by atoms with van der Waals surface area (Å²) in [6.07, 6.45) is 4.36. The molecule has 0 amide bonds. The highest BCUT2D eigenvalue weighted by molar-refractivity contribution is 6.31. The number of ether oxygens (including phenoxy) is 1. The predicted molar refractivity (Wildman–Crippen MR) is 80.4 cm³/mol. The minimum absolute atomic E-state index is 0.451. The van der Waals surface area contributed by atoms with Crippen molar-refractivity contribution in [3.63, 3.8) is 0 Å². The Labute approximate surface area is 123 Å². The molecule has 1 aromatic carbocycles. The number of nitrogens with one attached hydrogen (secondary N) is 1. The molecule has 1 N–H and O–H groups in total. The number of rotatable bonds is 5. The van der Waals surface area contributed by atoms with Crippen LogP contribution in [0.2, 0.25) is 5.02 Å². The number of aryl methyl sites for hydroxylation is 1. The molecule has 1 saturated carbocycles. The third-order valence-electron chi connectivity index (χ3n) is 3.24. The van der Waals surface area contributed by atoms with Crippen LogP contribution in [0.3, 0.4) is 0 Å². The second kappa shape index (κ2) is 5.81. The van der Waals surface area contributed by atoms with Gasteiger partial charge in [-0.25, -0.2) is 4.98 Å². The predicted octanol–water partition coefficient (Wildman–Crippen LogP) is 4.09. The highest BCUT2D eigenvalue weighted by atomic mass is 35.5. The van der Waals surface area contributed by atoms with E-state index in [1.54, 1.807) is 0 Å². The summed E-state index contributed by atoms with van der Waals surface area (Å²) in [5.41, 5.74) is 2.22. The van der Waals surface area contributed by atoms with Gasteiger partial charge in [-0.3, -0.25) is 0 Å². The van der Waals surface area contributed by atoms with Gasteiger partial charge in [-0.1, -0.05) is 23.7 Å². The van der Waals surface area contributed by atoms with Gasteiger partial charge < -0.3 is 10.1 Å². The van der Waals surface area contributed by atoms with Crippen LogP contribution in [0.1, 0.15) is 24.0 Å². The van der Waals surface area contributed by atoms with E-state index in [2.05, 4.69) is 10.3 Å². The highest BCUT2D eigenvalue weighted by Crippen LogP contribution is 2.28. The summed E-state index contributed by atoms with van der Waals surface area (Å²) in [6.45, 7) is 2.83. The zero-order valence-corrected chi connectivity index (χ0v) is 12.2. The van der Waals surface area contributed by atoms with Crippen LogP contribution in [0.5, 0.6) is 11.6 Å². The third kappa shape index (κ3) is 3.50. The molecule has 4 heteroatoms. The van der Waals surface area contributed by atoms with Crippen LogP contribution >= 0.6 is 11.6 Å². The molecule has 1 fully saturated rings. The molecule has 0 spiro atoms. The van der Waals surface area contributed by atoms with E-state index in [1.165, 1.54) is 12.8 Å². The molecule has 3 rings (SSSR count). The molecule has 2 aromatic rings. The number of pyridine rings is 1. The van der Waals surface area contributed by atoms with Gasteiger partial charge in [-0.2, -0.15) is 0 Å². The first kappa shape index (κ1) is 13.4. The van der Waals surface area contributed by atoms with Crippen molar-refractivity contribution in [3.8, 4) is 11.6 Å². The Kier molecular flexibility index (Phi) is 3.90. The van der Waals surface area contributed by atoms with Crippen molar-refractivity contribution in [2.75, 3.05) is 0 Å². The van der Waals surface area contributed by atoms with Crippen molar-refractivity contribution in [1.29, 1.82) is 0 Å². The molecule has 0 unspecified atom stereocenters. The molecule has 0 bridgehead atoms. The molecular formula is C16H17ClN2O. The van der Waals surface area contributed by atoms with E-state index in [-0.39, 0.29) is 0 Å². The average Bonchev–Trinajstić information content (AvgIpc) is 3.23. The molecular weight excluding hydrogens is 272 g/mol. The molecule has 20 heavy (non-hydrogen) atoms. The minimum Gasteiger partial charge on any atom is -0.438 e. The van der Waals surface area contributed by atoms with E-state index in [1.807, 2.05) is 43.5 Å². The van der Waals surface area contributed by atoms with Crippen molar-refractivity contribution in [2.24, 2.45) is 0 Å². The van der Waals surface area contributed by atoms with Crippen molar-refractivity contribution >= 4 is 11.6 Å². The zero-order chi connectivity index (χ0) is 13.9. The fourth-order valence-corrected chi connectivity index (χ4v) is 2.20. The van der Waals surface area contributed by atoms with E-state index >= 15 is 0 Å². The lowest BCUT2D eigenvalue weighted by Crippen LogP contribution is -2.15. The van der Waals surface area contributed by atoms with Gasteiger partial charge >= 0.3 is 0 Å². The van der Waals surface area contributed by atoms with Crippen molar-refractivity contribution in [3.05, 3.63) is 52.7 Å². The van der Waals surface area contributed by atoms with Crippen LogP contribution in [0.4, 0.5) is 0 Å². The lowest BCUT2D eigenvalue weighted by molar-refractivity contribution is 0.462. The molecule has 1 aliphatic carbocycles. The second-order valence-electron chi connectivity index (χ2n) is 5.20. The largest absolute Gasteiger partial charge is 0.438 e. The van der Waals surface area contributed by atoms with Crippen LogP contribution in [0.15, 0.2) is 36.5 Å². The standard InChI is InChI=1S/C16H17ClN2O/c1-11-3-2-4-14(7-11)20-16-15(17)8-12(10-19-16)9-18-13-5-6-13/h2-4,7-8,10,13,18H,5-6,9H2,1H3. The van der Waals surface area contributed by atoms with Crippen LogP contribution in [0.25, 0.3) is 0 Å². The van der Waals surface area contributed by atoms with Crippen LogP contribution in [-0.4, -0.2) is 11.0 Å². The van der Waals surface area contributed by atoms with Crippen molar-refractivity contribution in [1.82, 2.24) is 10.3 Å². The van der Waals surface area contributed by atoms with E-state index in [0.717, 1.165) is 23.4 Å². The van der Waals surface area contributed by atoms with Crippen molar-refractivity contribution in [2.45, 2.75) is 32.4 Å². The van der Waals surface area contributed by atoms with E-state index < -0.39 is 0 Å². The summed E-state index contributed by atoms with van der Waals surface area (Å²) in [5, 5.41) is 3.98. The highest BCUT2D eigenvalue weighted by Gasteiger charge is 2.20. The van der Waals surface area contributed by atoms with Gasteiger partial charge in [-0.15, -0.1) is 0 Å². The molecule has 1 aromatic heterocycles. The van der Waals surface area contributed by atoms with Gasteiger partial charge in [0, 0.05) is 18.8 Å². The van der Waals surface area contributed by atoms with Gasteiger partial charge in [0.15, 0.2) is 0 Å². The monoisotopic (exact) mass is 288 g/mol. The number of hydrogen-bond donors (Lipinski definition) is 1. The molecule has 104 valence electrons. The first-order valence-corrected chi connectivity index (χ1v) is 7.21. The van der Waals surface area contributed by atoms with E-state index in [9.17, 15) is 0 Å². The Morgan fingerprint density at radius 2 is 2.20 bits per heavy atom. The van der Waals surface area contributed by atoms with Crippen LogP contribution < -0.4 is 10.1 Å². The van der Waals surface area contributed by atoms with Crippen LogP contribution in [0, 0.1) is 6.92 Å². The third-order valence-corrected chi connectivity index (χ3v) is 3.51. The maximum Gasteiger partial charge on any atom is 0.238 e. The average molecular weight is 289 g/mol. The second-order valence-corrected chi connectivity index (χ2v) is 5.61. The molecule has 1 aliphatic rings. The number of aromatic nitrogens is 1. The lowest BCUT2D eigenvalue weighted by Gasteiger charge is -2.09. The lowest BCUT2D eigenvalue weighted by atomic mass is 10.2. The Balaban J connectivity index is 1.69. The van der Waals surface area contributed by atoms with Gasteiger partial charge in [-0.05, 0) is 49.1 Å². The number of hydrogen-bond acceptors (Lipinski definition) is 3. The van der Waals surface area contributed by atoms with E-state index in [0.29, 0.717) is 16.9 Å². The van der Waals surface area contributed by atoms with Gasteiger partial charge in [0.1, 0.15) is 10.8 Å². The Morgan fingerprint density at radius 3 is 2.90 bits per heavy atom. The molecule has 0 aliphatic heterocycles. The Hall–Kier alpha value is -1.58. The fourth-order valence-electron chi connectivity index (χ4n) is 1.98. The maximum atomic E-state index is 6.23. The number of benzene rings is 1. The van der Waals surface area contributed by atoms with E-state index in [4.69, 9.17) is 16.3 Å². The molecule has 1 heterocycles. The molecule has 0 radical (unpaired) electrons. The first-order valence-electron chi connectivity index (χ1n) is 6.83. The minimum atomic E-state index is 0.451. The Morgan fingerprint density at radius 1 is 1.35 bits per heavy atom. The number of halogens is 1. The summed E-state index contributed by atoms with van der Waals surface area (Å²) in [5.74, 6) is 1.20. The fraction of sp³-hybridized carbons (Fsp3) is 0.312. The van der Waals surface area contributed by atoms with Gasteiger partial charge in [0.25, 0.3) is 0 Å². The summed E-state index contributed by atoms with van der Waals surface area (Å²) in [4.78, 5) is 4.31. The topological polar surface area (TPSA) is 34.1 Å². The maximum absolute atomic E-state index is 6.23. The molecule has 0 atom stereocenters. The van der Waals surface area contributed by atoms with Crippen LogP contribution in [-0.2, 0) is 6.54 Å². The number of nitrogens with zero attached hydrogens (tertiary/aromatic N) is 1. The summed E-state index contributed by atoms with van der Waals surface area (Å²) < 4.78 is 5.72. The Bertz CT molecular complexity index is 611. The molecule has 3 nitrogen and oxygen atoms in total. The van der Waals surface area contributed by atoms with Gasteiger partial charge in [0.05, 0.1) is 0 Å². The van der Waals surface area contributed by atoms with Crippen molar-refractivity contribution < 1.29 is 4.74 Å². The summed E-state index contributed by atoms with van der Waals surface area (Å²) >= 11 is 6.23. The zero-order valence-electron chi connectivity index (χ0n) is 11.4. The molecule has 0 saturated heterocycles. The summed E-state index contributed by atoms with van der Waals surface area (Å²) in [6, 6.07) is 10.4. The first-order chi connectivity index (χ1) is 9.70. The summed E-state index contributed by atoms with van der Waals surface area (Å²) in [7, 11) is 0.